The average molecular weight is 454 g/mol. The molecule has 2 atom stereocenters. The average Bonchev–Trinajstić information content (AvgIpc) is 3.31. The summed E-state index contributed by atoms with van der Waals surface area (Å²) in [7, 11) is 0. The molecule has 5 rings (SSSR count). The van der Waals surface area contributed by atoms with E-state index in [0.717, 1.165) is 23.0 Å². The van der Waals surface area contributed by atoms with Gasteiger partial charge in [-0.1, -0.05) is 18.2 Å². The van der Waals surface area contributed by atoms with Crippen molar-refractivity contribution in [3.8, 4) is 0 Å². The minimum Gasteiger partial charge on any atom is -0.351 e. The first-order valence-electron chi connectivity index (χ1n) is 11.2. The van der Waals surface area contributed by atoms with Crippen molar-refractivity contribution >= 4 is 23.0 Å². The van der Waals surface area contributed by atoms with Crippen molar-refractivity contribution in [2.24, 2.45) is 0 Å². The number of rotatable bonds is 5. The van der Waals surface area contributed by atoms with Gasteiger partial charge < -0.3 is 14.8 Å². The summed E-state index contributed by atoms with van der Waals surface area (Å²) in [5, 5.41) is 4.29. The van der Waals surface area contributed by atoms with E-state index in [4.69, 9.17) is 12.2 Å². The van der Waals surface area contributed by atoms with E-state index in [1.165, 1.54) is 28.1 Å². The van der Waals surface area contributed by atoms with E-state index >= 15 is 0 Å². The molecule has 33 heavy (non-hydrogen) atoms. The lowest BCUT2D eigenvalue weighted by Crippen LogP contribution is -2.29. The molecule has 0 amide bonds. The zero-order valence-electron chi connectivity index (χ0n) is 19.1. The van der Waals surface area contributed by atoms with E-state index in [-0.39, 0.29) is 12.1 Å². The monoisotopic (exact) mass is 453 g/mol. The van der Waals surface area contributed by atoms with Crippen LogP contribution in [-0.4, -0.2) is 19.6 Å². The van der Waals surface area contributed by atoms with E-state index < -0.39 is 0 Å². The number of hydrogen-bond acceptors (Lipinski definition) is 3. The Bertz CT molecular complexity index is 1280. The maximum absolute atomic E-state index is 5.88. The van der Waals surface area contributed by atoms with Crippen LogP contribution < -0.4 is 10.2 Å². The number of nitrogens with zero attached hydrogens (tertiary/aromatic N) is 4. The van der Waals surface area contributed by atoms with Crippen LogP contribution in [0.5, 0.6) is 0 Å². The molecular formula is C27H27N5S. The van der Waals surface area contributed by atoms with Crippen LogP contribution in [0.2, 0.25) is 0 Å². The number of pyridine rings is 2. The lowest BCUT2D eigenvalue weighted by Gasteiger charge is -2.28. The molecule has 1 N–H and O–H groups in total. The highest BCUT2D eigenvalue weighted by molar-refractivity contribution is 7.80. The van der Waals surface area contributed by atoms with Crippen molar-refractivity contribution < 1.29 is 0 Å². The van der Waals surface area contributed by atoms with Gasteiger partial charge in [0.1, 0.15) is 0 Å². The van der Waals surface area contributed by atoms with E-state index in [1.807, 2.05) is 30.7 Å². The van der Waals surface area contributed by atoms with Crippen LogP contribution in [0.3, 0.4) is 0 Å². The molecule has 0 radical (unpaired) electrons. The molecule has 0 aliphatic carbocycles. The minimum atomic E-state index is -0.0471. The zero-order valence-corrected chi connectivity index (χ0v) is 19.9. The molecule has 3 aromatic heterocycles. The van der Waals surface area contributed by atoms with Crippen LogP contribution >= 0.6 is 12.2 Å². The highest BCUT2D eigenvalue weighted by Gasteiger charge is 2.42. The third-order valence-corrected chi connectivity index (χ3v) is 6.71. The van der Waals surface area contributed by atoms with Gasteiger partial charge in [-0.05, 0) is 92.1 Å². The summed E-state index contributed by atoms with van der Waals surface area (Å²) < 4.78 is 2.37. The first-order chi connectivity index (χ1) is 16.0. The van der Waals surface area contributed by atoms with Crippen molar-refractivity contribution in [2.75, 3.05) is 4.90 Å². The molecular weight excluding hydrogens is 426 g/mol. The lowest BCUT2D eigenvalue weighted by atomic mass is 9.96. The summed E-state index contributed by atoms with van der Waals surface area (Å²) in [6.07, 6.45) is 5.54. The second kappa shape index (κ2) is 8.79. The van der Waals surface area contributed by atoms with Gasteiger partial charge in [-0.3, -0.25) is 9.97 Å². The van der Waals surface area contributed by atoms with Crippen molar-refractivity contribution in [3.63, 3.8) is 0 Å². The van der Waals surface area contributed by atoms with E-state index in [9.17, 15) is 0 Å². The van der Waals surface area contributed by atoms with Gasteiger partial charge >= 0.3 is 0 Å². The number of aryl methyl sites for hydroxylation is 2. The van der Waals surface area contributed by atoms with Gasteiger partial charge in [0, 0.05) is 42.2 Å². The maximum Gasteiger partial charge on any atom is 0.174 e. The van der Waals surface area contributed by atoms with Crippen LogP contribution in [0.25, 0.3) is 0 Å². The van der Waals surface area contributed by atoms with Gasteiger partial charge in [-0.15, -0.1) is 0 Å². The fourth-order valence-corrected chi connectivity index (χ4v) is 5.11. The Kier molecular flexibility index (Phi) is 5.68. The summed E-state index contributed by atoms with van der Waals surface area (Å²) in [6, 6.07) is 21.0. The molecule has 4 heterocycles. The molecule has 1 fully saturated rings. The highest BCUT2D eigenvalue weighted by Crippen LogP contribution is 2.43. The number of aromatic nitrogens is 3. The topological polar surface area (TPSA) is 46.0 Å². The molecule has 166 valence electrons. The summed E-state index contributed by atoms with van der Waals surface area (Å²) >= 11 is 5.88. The molecule has 4 aromatic rings. The Morgan fingerprint density at radius 2 is 1.76 bits per heavy atom. The van der Waals surface area contributed by atoms with Crippen LogP contribution in [0, 0.1) is 20.8 Å². The Hall–Kier alpha value is -3.51. The number of benzene rings is 1. The third-order valence-electron chi connectivity index (χ3n) is 6.40. The Balaban J connectivity index is 1.63. The number of hydrogen-bond donors (Lipinski definition) is 1. The molecule has 0 spiro atoms. The molecule has 0 bridgehead atoms. The second-order valence-electron chi connectivity index (χ2n) is 8.60. The number of anilines is 1. The smallest absolute Gasteiger partial charge is 0.174 e. The fraction of sp³-hybridized carbons (Fsp3) is 0.222. The maximum atomic E-state index is 5.88. The molecule has 0 saturated carbocycles. The van der Waals surface area contributed by atoms with Gasteiger partial charge in [-0.25, -0.2) is 0 Å². The van der Waals surface area contributed by atoms with Crippen LogP contribution in [0.15, 0.2) is 79.3 Å². The molecule has 1 aliphatic heterocycles. The first kappa shape index (κ1) is 21.3. The van der Waals surface area contributed by atoms with Gasteiger partial charge in [-0.2, -0.15) is 0 Å². The summed E-state index contributed by atoms with van der Waals surface area (Å²) in [5.41, 5.74) is 8.23. The van der Waals surface area contributed by atoms with Crippen LogP contribution in [0.4, 0.5) is 5.69 Å². The minimum absolute atomic E-state index is 0.00779. The van der Waals surface area contributed by atoms with Crippen molar-refractivity contribution in [1.29, 1.82) is 0 Å². The molecule has 6 heteroatoms. The number of thiocarbonyl (C=S) groups is 1. The quantitative estimate of drug-likeness (QED) is 0.408. The van der Waals surface area contributed by atoms with Gasteiger partial charge in [0.05, 0.1) is 17.8 Å². The largest absolute Gasteiger partial charge is 0.351 e. The van der Waals surface area contributed by atoms with E-state index in [0.29, 0.717) is 0 Å². The molecule has 1 aliphatic rings. The summed E-state index contributed by atoms with van der Waals surface area (Å²) in [6.45, 7) is 7.30. The van der Waals surface area contributed by atoms with Gasteiger partial charge in [0.15, 0.2) is 5.11 Å². The Morgan fingerprint density at radius 3 is 2.48 bits per heavy atom. The fourth-order valence-electron chi connectivity index (χ4n) is 4.77. The number of nitrogens with one attached hydrogen (secondary N) is 1. The highest BCUT2D eigenvalue weighted by atomic mass is 32.1. The normalized spacial score (nSPS) is 17.9. The summed E-state index contributed by atoms with van der Waals surface area (Å²) in [5.74, 6) is 0. The predicted octanol–water partition coefficient (Wildman–Crippen LogP) is 5.43. The van der Waals surface area contributed by atoms with Crippen molar-refractivity contribution in [2.45, 2.75) is 39.4 Å². The summed E-state index contributed by atoms with van der Waals surface area (Å²) in [4.78, 5) is 11.1. The second-order valence-corrected chi connectivity index (χ2v) is 8.99. The lowest BCUT2D eigenvalue weighted by molar-refractivity contribution is 0.563. The van der Waals surface area contributed by atoms with Crippen molar-refractivity contribution in [1.82, 2.24) is 19.9 Å². The van der Waals surface area contributed by atoms with E-state index in [1.54, 1.807) is 0 Å². The predicted molar refractivity (Wildman–Crippen MR) is 136 cm³/mol. The zero-order chi connectivity index (χ0) is 22.9. The Labute approximate surface area is 200 Å². The Morgan fingerprint density at radius 1 is 0.939 bits per heavy atom. The third kappa shape index (κ3) is 4.02. The molecule has 1 saturated heterocycles. The SMILES string of the molecule is Cc1cccc(N2C(=S)N[C@H](c3ccccn3)[C@H]2c2cc(C)n(Cc3ccncc3)c2C)c1. The standard InChI is InChI=1S/C27H27N5S/c1-18-7-6-8-22(15-18)32-26(25(30-27(32)33)24-9-4-5-12-29-24)23-16-19(2)31(20(23)3)17-21-10-13-28-14-11-21/h4-16,25-26H,17H2,1-3H3,(H,30,33)/t25-,26-/m1/s1. The van der Waals surface area contributed by atoms with Gasteiger partial charge in [0.25, 0.3) is 0 Å². The molecule has 1 aromatic carbocycles. The van der Waals surface area contributed by atoms with Gasteiger partial charge in [0.2, 0.25) is 0 Å². The molecule has 0 unspecified atom stereocenters. The van der Waals surface area contributed by atoms with Crippen LogP contribution in [-0.2, 0) is 6.54 Å². The van der Waals surface area contributed by atoms with Crippen LogP contribution in [0.1, 0.15) is 45.9 Å². The molecule has 5 nitrogen and oxygen atoms in total. The first-order valence-corrected chi connectivity index (χ1v) is 11.6. The van der Waals surface area contributed by atoms with E-state index in [2.05, 4.69) is 94.1 Å². The van der Waals surface area contributed by atoms with Crippen molar-refractivity contribution in [3.05, 3.63) is 113 Å².